The van der Waals surface area contributed by atoms with E-state index in [9.17, 15) is 9.59 Å². The Kier molecular flexibility index (Phi) is 6.36. The maximum absolute atomic E-state index is 12.3. The molecular weight excluding hydrogens is 228 g/mol. The second-order valence-corrected chi connectivity index (χ2v) is 6.31. The summed E-state index contributed by atoms with van der Waals surface area (Å²) in [5.41, 5.74) is 5.15. The Morgan fingerprint density at radius 3 is 2.00 bits per heavy atom. The average molecular weight is 256 g/mol. The van der Waals surface area contributed by atoms with E-state index in [1.54, 1.807) is 0 Å². The van der Waals surface area contributed by atoms with E-state index in [0.29, 0.717) is 6.42 Å². The summed E-state index contributed by atoms with van der Waals surface area (Å²) in [6.45, 7) is 11.7. The maximum atomic E-state index is 12.3. The van der Waals surface area contributed by atoms with Gasteiger partial charge in [0.2, 0.25) is 11.8 Å². The van der Waals surface area contributed by atoms with Crippen LogP contribution < -0.4 is 11.1 Å². The molecule has 3 N–H and O–H groups in total. The Bertz CT molecular complexity index is 293. The first kappa shape index (κ1) is 16.9. The Morgan fingerprint density at radius 1 is 1.22 bits per heavy atom. The molecule has 18 heavy (non-hydrogen) atoms. The number of hydrogen-bond acceptors (Lipinski definition) is 2. The van der Waals surface area contributed by atoms with E-state index in [2.05, 4.69) is 5.32 Å². The molecule has 0 aromatic heterocycles. The lowest BCUT2D eigenvalue weighted by Gasteiger charge is -2.30. The summed E-state index contributed by atoms with van der Waals surface area (Å²) in [7, 11) is 0. The molecule has 0 heterocycles. The highest BCUT2D eigenvalue weighted by molar-refractivity contribution is 5.87. The minimum absolute atomic E-state index is 0.0743. The van der Waals surface area contributed by atoms with Gasteiger partial charge in [-0.1, -0.05) is 27.2 Å². The molecule has 0 bridgehead atoms. The third-order valence-electron chi connectivity index (χ3n) is 2.92. The van der Waals surface area contributed by atoms with Crippen LogP contribution in [0, 0.1) is 17.8 Å². The molecule has 0 aliphatic heterocycles. The van der Waals surface area contributed by atoms with Gasteiger partial charge in [-0.25, -0.2) is 0 Å². The summed E-state index contributed by atoms with van der Waals surface area (Å²) in [5, 5.41) is 2.95. The summed E-state index contributed by atoms with van der Waals surface area (Å²) >= 11 is 0. The molecule has 0 unspecified atom stereocenters. The second-order valence-electron chi connectivity index (χ2n) is 6.31. The highest BCUT2D eigenvalue weighted by atomic mass is 16.2. The smallest absolute Gasteiger partial charge is 0.224 e. The van der Waals surface area contributed by atoms with Crippen LogP contribution in [0.5, 0.6) is 0 Å². The number of primary amides is 1. The van der Waals surface area contributed by atoms with Crippen LogP contribution in [-0.2, 0) is 9.59 Å². The molecule has 0 radical (unpaired) electrons. The number of rotatable bonds is 6. The quantitative estimate of drug-likeness (QED) is 0.763. The van der Waals surface area contributed by atoms with Gasteiger partial charge in [-0.3, -0.25) is 9.59 Å². The summed E-state index contributed by atoms with van der Waals surface area (Å²) < 4.78 is 0. The first-order chi connectivity index (χ1) is 8.10. The highest BCUT2D eigenvalue weighted by Crippen LogP contribution is 2.26. The van der Waals surface area contributed by atoms with Crippen LogP contribution in [0.2, 0.25) is 0 Å². The lowest BCUT2D eigenvalue weighted by molar-refractivity contribution is -0.136. The normalized spacial score (nSPS) is 15.3. The van der Waals surface area contributed by atoms with Crippen molar-refractivity contribution in [3.63, 3.8) is 0 Å². The average Bonchev–Trinajstić information content (AvgIpc) is 2.13. The number of carbonyl (C=O) groups is 2. The van der Waals surface area contributed by atoms with E-state index in [1.165, 1.54) is 0 Å². The van der Waals surface area contributed by atoms with Gasteiger partial charge < -0.3 is 11.1 Å². The van der Waals surface area contributed by atoms with E-state index in [0.717, 1.165) is 6.42 Å². The standard InChI is InChI=1S/C14H28N2O2/c1-7-8-10(12(15)17)11(9(2)3)13(18)16-14(4,5)6/h9-11H,7-8H2,1-6H3,(H2,15,17)(H,16,18)/t10-,11+/m0/s1. The van der Waals surface area contributed by atoms with Crippen molar-refractivity contribution in [3.8, 4) is 0 Å². The zero-order chi connectivity index (χ0) is 14.5. The predicted molar refractivity (Wildman–Crippen MR) is 73.8 cm³/mol. The number of amides is 2. The fraction of sp³-hybridized carbons (Fsp3) is 0.857. The van der Waals surface area contributed by atoms with Gasteiger partial charge in [0.25, 0.3) is 0 Å². The molecule has 0 spiro atoms. The Morgan fingerprint density at radius 2 is 1.72 bits per heavy atom. The van der Waals surface area contributed by atoms with Gasteiger partial charge in [0.1, 0.15) is 0 Å². The monoisotopic (exact) mass is 256 g/mol. The van der Waals surface area contributed by atoms with Crippen LogP contribution >= 0.6 is 0 Å². The maximum Gasteiger partial charge on any atom is 0.224 e. The summed E-state index contributed by atoms with van der Waals surface area (Å²) in [5.74, 6) is -1.08. The second kappa shape index (κ2) is 6.76. The first-order valence-corrected chi connectivity index (χ1v) is 6.71. The molecule has 0 aliphatic rings. The van der Waals surface area contributed by atoms with Crippen molar-refractivity contribution in [1.82, 2.24) is 5.32 Å². The molecule has 0 aliphatic carbocycles. The van der Waals surface area contributed by atoms with Gasteiger partial charge in [-0.2, -0.15) is 0 Å². The zero-order valence-corrected chi connectivity index (χ0v) is 12.5. The van der Waals surface area contributed by atoms with Crippen LogP contribution in [0.3, 0.4) is 0 Å². The number of carbonyl (C=O) groups excluding carboxylic acids is 2. The number of nitrogens with two attached hydrogens (primary N) is 1. The molecule has 106 valence electrons. The van der Waals surface area contributed by atoms with Crippen molar-refractivity contribution in [1.29, 1.82) is 0 Å². The highest BCUT2D eigenvalue weighted by Gasteiger charge is 2.35. The van der Waals surface area contributed by atoms with Crippen LogP contribution in [0.1, 0.15) is 54.4 Å². The third-order valence-corrected chi connectivity index (χ3v) is 2.92. The summed E-state index contributed by atoms with van der Waals surface area (Å²) in [4.78, 5) is 23.8. The Balaban J connectivity index is 5.04. The van der Waals surface area contributed by atoms with Crippen molar-refractivity contribution in [2.45, 2.75) is 59.9 Å². The van der Waals surface area contributed by atoms with E-state index in [4.69, 9.17) is 5.73 Å². The van der Waals surface area contributed by atoms with Crippen LogP contribution in [0.4, 0.5) is 0 Å². The lowest BCUT2D eigenvalue weighted by atomic mass is 9.79. The Hall–Kier alpha value is -1.06. The minimum Gasteiger partial charge on any atom is -0.369 e. The van der Waals surface area contributed by atoms with Gasteiger partial charge >= 0.3 is 0 Å². The molecule has 0 aromatic rings. The molecule has 4 nitrogen and oxygen atoms in total. The molecule has 2 amide bonds. The largest absolute Gasteiger partial charge is 0.369 e. The molecule has 4 heteroatoms. The van der Waals surface area contributed by atoms with Crippen molar-refractivity contribution in [2.24, 2.45) is 23.5 Å². The van der Waals surface area contributed by atoms with E-state index in [-0.39, 0.29) is 35.1 Å². The summed E-state index contributed by atoms with van der Waals surface area (Å²) in [6, 6.07) is 0. The zero-order valence-electron chi connectivity index (χ0n) is 12.5. The van der Waals surface area contributed by atoms with Crippen LogP contribution in [0.15, 0.2) is 0 Å². The molecule has 0 aromatic carbocycles. The van der Waals surface area contributed by atoms with Crippen molar-refractivity contribution in [3.05, 3.63) is 0 Å². The minimum atomic E-state index is -0.377. The molecule has 0 saturated carbocycles. The lowest BCUT2D eigenvalue weighted by Crippen LogP contribution is -2.49. The van der Waals surface area contributed by atoms with Crippen LogP contribution in [-0.4, -0.2) is 17.4 Å². The number of hydrogen-bond donors (Lipinski definition) is 2. The molecule has 0 fully saturated rings. The van der Waals surface area contributed by atoms with Gasteiger partial charge in [0.05, 0.1) is 5.92 Å². The van der Waals surface area contributed by atoms with Gasteiger partial charge in [0.15, 0.2) is 0 Å². The van der Waals surface area contributed by atoms with Gasteiger partial charge in [-0.05, 0) is 33.1 Å². The molecular formula is C14H28N2O2. The topological polar surface area (TPSA) is 72.2 Å². The molecule has 0 rings (SSSR count). The fourth-order valence-electron chi connectivity index (χ4n) is 2.21. The van der Waals surface area contributed by atoms with Crippen molar-refractivity contribution < 1.29 is 9.59 Å². The predicted octanol–water partition coefficient (Wildman–Crippen LogP) is 2.07. The van der Waals surface area contributed by atoms with Crippen molar-refractivity contribution in [2.75, 3.05) is 0 Å². The van der Waals surface area contributed by atoms with Crippen LogP contribution in [0.25, 0.3) is 0 Å². The Labute approximate surface area is 111 Å². The number of nitrogens with one attached hydrogen (secondary N) is 1. The van der Waals surface area contributed by atoms with E-state index in [1.807, 2.05) is 41.5 Å². The summed E-state index contributed by atoms with van der Waals surface area (Å²) in [6.07, 6.45) is 1.51. The first-order valence-electron chi connectivity index (χ1n) is 6.71. The fourth-order valence-corrected chi connectivity index (χ4v) is 2.21. The van der Waals surface area contributed by atoms with Gasteiger partial charge in [-0.15, -0.1) is 0 Å². The third kappa shape index (κ3) is 5.52. The molecule has 0 saturated heterocycles. The van der Waals surface area contributed by atoms with Gasteiger partial charge in [0, 0.05) is 11.5 Å². The van der Waals surface area contributed by atoms with E-state index < -0.39 is 0 Å². The van der Waals surface area contributed by atoms with Crippen molar-refractivity contribution >= 4 is 11.8 Å². The SMILES string of the molecule is CCC[C@H](C(N)=O)[C@H](C(=O)NC(C)(C)C)C(C)C. The van der Waals surface area contributed by atoms with E-state index >= 15 is 0 Å². The molecule has 2 atom stereocenters.